The Bertz CT molecular complexity index is 576. The molecule has 0 amide bonds. The van der Waals surface area contributed by atoms with E-state index < -0.39 is 0 Å². The minimum atomic E-state index is -0.296. The minimum Gasteiger partial charge on any atom is -0.340 e. The van der Waals surface area contributed by atoms with Gasteiger partial charge in [-0.15, -0.1) is 5.10 Å². The molecule has 108 valence electrons. The molecule has 5 nitrogen and oxygen atoms in total. The van der Waals surface area contributed by atoms with E-state index in [2.05, 4.69) is 27.2 Å². The highest BCUT2D eigenvalue weighted by Gasteiger charge is 2.19. The van der Waals surface area contributed by atoms with E-state index in [4.69, 9.17) is 0 Å². The maximum absolute atomic E-state index is 13.2. The predicted octanol–water partition coefficient (Wildman–Crippen LogP) is 1.69. The van der Waals surface area contributed by atoms with Gasteiger partial charge < -0.3 is 10.2 Å². The number of pyridine rings is 1. The number of fused-ring (bicyclic) bond motifs is 1. The first-order valence-corrected chi connectivity index (χ1v) is 7.24. The molecule has 2 aromatic rings. The van der Waals surface area contributed by atoms with Gasteiger partial charge in [-0.25, -0.2) is 8.91 Å². The summed E-state index contributed by atoms with van der Waals surface area (Å²) in [5.74, 6) is 1.08. The maximum atomic E-state index is 13.2. The van der Waals surface area contributed by atoms with Crippen LogP contribution in [0.15, 0.2) is 18.3 Å². The molecule has 0 unspecified atom stereocenters. The van der Waals surface area contributed by atoms with Crippen LogP contribution in [-0.2, 0) is 0 Å². The smallest absolute Gasteiger partial charge is 0.245 e. The highest BCUT2D eigenvalue weighted by Crippen LogP contribution is 2.18. The van der Waals surface area contributed by atoms with Gasteiger partial charge in [0.2, 0.25) is 5.95 Å². The van der Waals surface area contributed by atoms with E-state index in [9.17, 15) is 4.39 Å². The van der Waals surface area contributed by atoms with Crippen molar-refractivity contribution in [2.45, 2.75) is 19.8 Å². The molecule has 1 saturated heterocycles. The van der Waals surface area contributed by atoms with E-state index in [0.717, 1.165) is 26.2 Å². The first kappa shape index (κ1) is 13.3. The Morgan fingerprint density at radius 2 is 2.20 bits per heavy atom. The fourth-order valence-electron chi connectivity index (χ4n) is 2.71. The highest BCUT2D eigenvalue weighted by atomic mass is 19.1. The quantitative estimate of drug-likeness (QED) is 0.924. The van der Waals surface area contributed by atoms with Gasteiger partial charge in [0.25, 0.3) is 0 Å². The summed E-state index contributed by atoms with van der Waals surface area (Å²) in [5.41, 5.74) is 0.685. The molecule has 0 aromatic carbocycles. The molecule has 0 saturated carbocycles. The lowest BCUT2D eigenvalue weighted by molar-refractivity contribution is 0.373. The molecule has 20 heavy (non-hydrogen) atoms. The SMILES string of the molecule is CCN(CC1CCNCC1)c1nc2ccc(F)cn2n1. The van der Waals surface area contributed by atoms with Gasteiger partial charge in [-0.05, 0) is 50.9 Å². The molecule has 1 aliphatic rings. The van der Waals surface area contributed by atoms with Gasteiger partial charge in [0.05, 0.1) is 6.20 Å². The third-order valence-electron chi connectivity index (χ3n) is 3.89. The average Bonchev–Trinajstić information content (AvgIpc) is 2.88. The van der Waals surface area contributed by atoms with Crippen molar-refractivity contribution in [2.75, 3.05) is 31.1 Å². The van der Waals surface area contributed by atoms with E-state index in [-0.39, 0.29) is 5.82 Å². The van der Waals surface area contributed by atoms with Crippen molar-refractivity contribution in [3.8, 4) is 0 Å². The van der Waals surface area contributed by atoms with Crippen molar-refractivity contribution in [3.63, 3.8) is 0 Å². The highest BCUT2D eigenvalue weighted by molar-refractivity contribution is 5.44. The maximum Gasteiger partial charge on any atom is 0.245 e. The Balaban J connectivity index is 1.79. The van der Waals surface area contributed by atoms with Gasteiger partial charge in [-0.1, -0.05) is 0 Å². The lowest BCUT2D eigenvalue weighted by Gasteiger charge is -2.28. The van der Waals surface area contributed by atoms with Gasteiger partial charge in [-0.3, -0.25) is 0 Å². The third-order valence-corrected chi connectivity index (χ3v) is 3.89. The Kier molecular flexibility index (Phi) is 3.82. The Hall–Kier alpha value is -1.69. The minimum absolute atomic E-state index is 0.296. The number of piperidine rings is 1. The molecular weight excluding hydrogens is 257 g/mol. The van der Waals surface area contributed by atoms with Crippen LogP contribution in [0, 0.1) is 11.7 Å². The normalized spacial score (nSPS) is 16.7. The van der Waals surface area contributed by atoms with Crippen molar-refractivity contribution in [1.82, 2.24) is 19.9 Å². The standard InChI is InChI=1S/C14H20FN5/c1-2-19(9-11-5-7-16-8-6-11)14-17-13-4-3-12(15)10-20(13)18-14/h3-4,10-11,16H,2,5-9H2,1H3. The van der Waals surface area contributed by atoms with Crippen LogP contribution in [0.1, 0.15) is 19.8 Å². The van der Waals surface area contributed by atoms with E-state index in [1.807, 2.05) is 0 Å². The summed E-state index contributed by atoms with van der Waals surface area (Å²) in [7, 11) is 0. The molecule has 0 bridgehead atoms. The molecule has 1 N–H and O–H groups in total. The first-order chi connectivity index (χ1) is 9.76. The molecule has 0 atom stereocenters. The predicted molar refractivity (Wildman–Crippen MR) is 76.4 cm³/mol. The number of hydrogen-bond acceptors (Lipinski definition) is 4. The molecule has 6 heteroatoms. The molecule has 1 fully saturated rings. The topological polar surface area (TPSA) is 45.5 Å². The van der Waals surface area contributed by atoms with Crippen LogP contribution >= 0.6 is 0 Å². The summed E-state index contributed by atoms with van der Waals surface area (Å²) < 4.78 is 14.7. The second kappa shape index (κ2) is 5.75. The number of nitrogens with one attached hydrogen (secondary N) is 1. The van der Waals surface area contributed by atoms with Crippen molar-refractivity contribution >= 4 is 11.6 Å². The van der Waals surface area contributed by atoms with Crippen molar-refractivity contribution in [1.29, 1.82) is 0 Å². The summed E-state index contributed by atoms with van der Waals surface area (Å²) >= 11 is 0. The Morgan fingerprint density at radius 1 is 1.40 bits per heavy atom. The van der Waals surface area contributed by atoms with E-state index in [1.54, 1.807) is 6.07 Å². The van der Waals surface area contributed by atoms with Crippen molar-refractivity contribution < 1.29 is 4.39 Å². The molecule has 0 aliphatic carbocycles. The van der Waals surface area contributed by atoms with Crippen LogP contribution in [0.3, 0.4) is 0 Å². The number of nitrogens with zero attached hydrogens (tertiary/aromatic N) is 4. The molecular formula is C14H20FN5. The lowest BCUT2D eigenvalue weighted by Crippen LogP contribution is -2.36. The van der Waals surface area contributed by atoms with Gasteiger partial charge in [-0.2, -0.15) is 4.98 Å². The summed E-state index contributed by atoms with van der Waals surface area (Å²) in [6.07, 6.45) is 3.75. The number of anilines is 1. The zero-order valence-electron chi connectivity index (χ0n) is 11.7. The van der Waals surface area contributed by atoms with Crippen LogP contribution in [0.25, 0.3) is 5.65 Å². The van der Waals surface area contributed by atoms with Crippen LogP contribution < -0.4 is 10.2 Å². The second-order valence-electron chi connectivity index (χ2n) is 5.29. The Labute approximate surface area is 117 Å². The summed E-state index contributed by atoms with van der Waals surface area (Å²) in [6, 6.07) is 3.07. The summed E-state index contributed by atoms with van der Waals surface area (Å²) in [6.45, 7) is 6.12. The summed E-state index contributed by atoms with van der Waals surface area (Å²) in [4.78, 5) is 6.67. The van der Waals surface area contributed by atoms with Crippen LogP contribution in [0.4, 0.5) is 10.3 Å². The fourth-order valence-corrected chi connectivity index (χ4v) is 2.71. The molecule has 2 aromatic heterocycles. The van der Waals surface area contributed by atoms with Crippen molar-refractivity contribution in [2.24, 2.45) is 5.92 Å². The van der Waals surface area contributed by atoms with Gasteiger partial charge in [0.1, 0.15) is 5.82 Å². The average molecular weight is 277 g/mol. The van der Waals surface area contributed by atoms with Crippen LogP contribution in [0.2, 0.25) is 0 Å². The molecule has 3 rings (SSSR count). The molecule has 1 aliphatic heterocycles. The molecule has 0 radical (unpaired) electrons. The van der Waals surface area contributed by atoms with E-state index in [0.29, 0.717) is 17.5 Å². The fraction of sp³-hybridized carbons (Fsp3) is 0.571. The largest absolute Gasteiger partial charge is 0.340 e. The summed E-state index contributed by atoms with van der Waals surface area (Å²) in [5, 5.41) is 7.76. The number of hydrogen-bond donors (Lipinski definition) is 1. The number of rotatable bonds is 4. The monoisotopic (exact) mass is 277 g/mol. The zero-order valence-corrected chi connectivity index (χ0v) is 11.7. The van der Waals surface area contributed by atoms with E-state index in [1.165, 1.54) is 29.6 Å². The Morgan fingerprint density at radius 3 is 2.95 bits per heavy atom. The molecule has 3 heterocycles. The van der Waals surface area contributed by atoms with Crippen LogP contribution in [0.5, 0.6) is 0 Å². The van der Waals surface area contributed by atoms with Gasteiger partial charge in [0.15, 0.2) is 5.65 Å². The van der Waals surface area contributed by atoms with Gasteiger partial charge >= 0.3 is 0 Å². The number of halogens is 1. The van der Waals surface area contributed by atoms with E-state index >= 15 is 0 Å². The number of aromatic nitrogens is 3. The van der Waals surface area contributed by atoms with Crippen molar-refractivity contribution in [3.05, 3.63) is 24.1 Å². The second-order valence-corrected chi connectivity index (χ2v) is 5.29. The third kappa shape index (κ3) is 2.75. The first-order valence-electron chi connectivity index (χ1n) is 7.24. The lowest BCUT2D eigenvalue weighted by atomic mass is 9.98. The zero-order chi connectivity index (χ0) is 13.9. The van der Waals surface area contributed by atoms with Crippen LogP contribution in [-0.4, -0.2) is 40.8 Å². The molecule has 0 spiro atoms. The van der Waals surface area contributed by atoms with Gasteiger partial charge in [0, 0.05) is 13.1 Å².